The van der Waals surface area contributed by atoms with Crippen LogP contribution in [0.25, 0.3) is 0 Å². The van der Waals surface area contributed by atoms with Crippen molar-refractivity contribution in [2.45, 2.75) is 48.5 Å². The highest BCUT2D eigenvalue weighted by atomic mass is 19.4. The van der Waals surface area contributed by atoms with E-state index >= 15 is 0 Å². The zero-order chi connectivity index (χ0) is 22.6. The van der Waals surface area contributed by atoms with E-state index in [0.717, 1.165) is 0 Å². The van der Waals surface area contributed by atoms with E-state index in [-0.39, 0.29) is 0 Å². The third-order valence-corrected chi connectivity index (χ3v) is 3.15. The molecular formula is C11H5F15O2. The maximum Gasteiger partial charge on any atom is 0.458 e. The van der Waals surface area contributed by atoms with Gasteiger partial charge in [-0.1, -0.05) is 0 Å². The van der Waals surface area contributed by atoms with Crippen molar-refractivity contribution in [1.29, 1.82) is 0 Å². The van der Waals surface area contributed by atoms with Crippen LogP contribution in [0.3, 0.4) is 0 Å². The fourth-order valence-corrected chi connectivity index (χ4v) is 1.59. The van der Waals surface area contributed by atoms with E-state index in [1.54, 1.807) is 0 Å². The number of hydrogen-bond acceptors (Lipinski definition) is 2. The van der Waals surface area contributed by atoms with E-state index in [1.807, 2.05) is 0 Å². The van der Waals surface area contributed by atoms with Crippen molar-refractivity contribution in [3.05, 3.63) is 11.8 Å². The number of halogens is 15. The highest BCUT2D eigenvalue weighted by molar-refractivity contribution is 5.24. The fraction of sp³-hybridized carbons (Fsp3) is 0.818. The summed E-state index contributed by atoms with van der Waals surface area (Å²) in [5.74, 6) is -20.1. The van der Waals surface area contributed by atoms with Crippen molar-refractivity contribution in [1.82, 2.24) is 0 Å². The van der Waals surface area contributed by atoms with E-state index in [0.29, 0.717) is 0 Å². The van der Waals surface area contributed by atoms with Crippen molar-refractivity contribution in [2.75, 3.05) is 6.61 Å². The summed E-state index contributed by atoms with van der Waals surface area (Å²) < 4.78 is 196. The van der Waals surface area contributed by atoms with Gasteiger partial charge in [0.2, 0.25) is 0 Å². The minimum absolute atomic E-state index is 0.995. The largest absolute Gasteiger partial charge is 0.488 e. The summed E-state index contributed by atoms with van der Waals surface area (Å²) in [5.41, 5.74) is -4.23. The minimum Gasteiger partial charge on any atom is -0.488 e. The molecule has 0 radical (unpaired) electrons. The van der Waals surface area contributed by atoms with Gasteiger partial charge in [0.05, 0.1) is 12.9 Å². The van der Waals surface area contributed by atoms with Crippen molar-refractivity contribution in [2.24, 2.45) is 0 Å². The molecule has 0 aliphatic carbocycles. The van der Waals surface area contributed by atoms with Crippen molar-refractivity contribution in [3.8, 4) is 0 Å². The molecule has 2 atom stereocenters. The maximum absolute atomic E-state index is 13.2. The molecule has 0 aromatic heterocycles. The van der Waals surface area contributed by atoms with Gasteiger partial charge in [0, 0.05) is 0 Å². The number of rotatable bonds is 6. The lowest BCUT2D eigenvalue weighted by molar-refractivity contribution is -0.319. The van der Waals surface area contributed by atoms with Gasteiger partial charge in [0.1, 0.15) is 11.7 Å². The summed E-state index contributed by atoms with van der Waals surface area (Å²) in [6, 6.07) is 0. The first-order valence-electron chi connectivity index (χ1n) is 6.40. The molecule has 0 bridgehead atoms. The smallest absolute Gasteiger partial charge is 0.458 e. The molecule has 1 rings (SSSR count). The Labute approximate surface area is 143 Å². The molecule has 0 saturated carbocycles. The Morgan fingerprint density at radius 2 is 1.07 bits per heavy atom. The molecule has 166 valence electrons. The van der Waals surface area contributed by atoms with Crippen molar-refractivity contribution < 1.29 is 75.3 Å². The highest BCUT2D eigenvalue weighted by Gasteiger charge is 2.74. The molecule has 1 fully saturated rings. The minimum atomic E-state index is -7.10. The van der Waals surface area contributed by atoms with E-state index < -0.39 is 66.9 Å². The van der Waals surface area contributed by atoms with Crippen LogP contribution in [-0.4, -0.2) is 55.1 Å². The van der Waals surface area contributed by atoms with Crippen LogP contribution in [0, 0.1) is 0 Å². The number of allylic oxidation sites excluding steroid dienone is 1. The van der Waals surface area contributed by atoms with Crippen LogP contribution in [0.1, 0.15) is 0 Å². The topological polar surface area (TPSA) is 21.8 Å². The molecule has 0 aromatic carbocycles. The van der Waals surface area contributed by atoms with Gasteiger partial charge in [-0.25, -0.2) is 0 Å². The van der Waals surface area contributed by atoms with Gasteiger partial charge in [0.15, 0.2) is 6.10 Å². The second-order valence-corrected chi connectivity index (χ2v) is 5.23. The van der Waals surface area contributed by atoms with E-state index in [1.165, 1.54) is 0 Å². The molecule has 1 aliphatic heterocycles. The van der Waals surface area contributed by atoms with Crippen LogP contribution < -0.4 is 0 Å². The van der Waals surface area contributed by atoms with Gasteiger partial charge in [0.25, 0.3) is 0 Å². The zero-order valence-corrected chi connectivity index (χ0v) is 12.4. The Hall–Kier alpha value is -1.55. The van der Waals surface area contributed by atoms with Crippen LogP contribution in [0.4, 0.5) is 65.9 Å². The third kappa shape index (κ3) is 4.37. The first-order valence-corrected chi connectivity index (χ1v) is 6.40. The second kappa shape index (κ2) is 6.76. The maximum atomic E-state index is 13.2. The van der Waals surface area contributed by atoms with Gasteiger partial charge in [-0.2, -0.15) is 65.9 Å². The van der Waals surface area contributed by atoms with Crippen LogP contribution in [0.2, 0.25) is 0 Å². The summed E-state index contributed by atoms with van der Waals surface area (Å²) in [7, 11) is 0. The van der Waals surface area contributed by atoms with E-state index in [9.17, 15) is 65.9 Å². The molecule has 0 aromatic rings. The van der Waals surface area contributed by atoms with Gasteiger partial charge in [-0.05, 0) is 0 Å². The van der Waals surface area contributed by atoms with Crippen molar-refractivity contribution in [3.63, 3.8) is 0 Å². The first-order chi connectivity index (χ1) is 12.1. The SMILES string of the molecule is FC(F)(F)C(F)(F)C(=COC(C1CO1)C(F)(F)C(F)(F)F)C(F)(F)C(F)(F)F. The molecule has 17 heteroatoms. The van der Waals surface area contributed by atoms with Gasteiger partial charge >= 0.3 is 36.3 Å². The average molecular weight is 454 g/mol. The summed E-state index contributed by atoms with van der Waals surface area (Å²) >= 11 is 0. The number of alkyl halides is 15. The number of ether oxygens (including phenoxy) is 2. The molecule has 2 nitrogen and oxygen atoms in total. The second-order valence-electron chi connectivity index (χ2n) is 5.23. The van der Waals surface area contributed by atoms with Gasteiger partial charge in [-0.15, -0.1) is 0 Å². The standard InChI is InChI=1S/C11H5F15O2/c12-6(13,9(18,19)20)4(7(14,15)10(21,22)23)2-28-5(3-1-27-3)8(16,17)11(24,25)26/h2-3,5H,1H2. The lowest BCUT2D eigenvalue weighted by Crippen LogP contribution is -2.52. The molecule has 0 spiro atoms. The van der Waals surface area contributed by atoms with Gasteiger partial charge in [-0.3, -0.25) is 0 Å². The van der Waals surface area contributed by atoms with E-state index in [2.05, 4.69) is 9.47 Å². The normalized spacial score (nSPS) is 20.6. The molecule has 0 amide bonds. The monoisotopic (exact) mass is 454 g/mol. The Bertz CT molecular complexity index is 565. The summed E-state index contributed by atoms with van der Waals surface area (Å²) in [4.78, 5) is 0. The molecule has 1 heterocycles. The Kier molecular flexibility index (Phi) is 5.91. The summed E-state index contributed by atoms with van der Waals surface area (Å²) in [6.07, 6.45) is -28.7. The molecule has 28 heavy (non-hydrogen) atoms. The highest BCUT2D eigenvalue weighted by Crippen LogP contribution is 2.52. The van der Waals surface area contributed by atoms with Crippen LogP contribution >= 0.6 is 0 Å². The molecule has 2 unspecified atom stereocenters. The molecule has 1 aliphatic rings. The van der Waals surface area contributed by atoms with Crippen molar-refractivity contribution >= 4 is 0 Å². The van der Waals surface area contributed by atoms with Gasteiger partial charge < -0.3 is 9.47 Å². The predicted molar refractivity (Wildman–Crippen MR) is 55.7 cm³/mol. The molecular weight excluding hydrogens is 449 g/mol. The predicted octanol–water partition coefficient (Wildman–Crippen LogP) is 5.25. The van der Waals surface area contributed by atoms with E-state index in [4.69, 9.17) is 0 Å². The first kappa shape index (κ1) is 24.5. The zero-order valence-electron chi connectivity index (χ0n) is 12.4. The lowest BCUT2D eigenvalue weighted by Gasteiger charge is -2.31. The molecule has 0 N–H and O–H groups in total. The van der Waals surface area contributed by atoms with Crippen LogP contribution in [-0.2, 0) is 9.47 Å². The number of hydrogen-bond donors (Lipinski definition) is 0. The third-order valence-electron chi connectivity index (χ3n) is 3.15. The summed E-state index contributed by atoms with van der Waals surface area (Å²) in [5, 5.41) is 0. The molecule has 1 saturated heterocycles. The average Bonchev–Trinajstić information content (AvgIpc) is 3.23. The number of epoxide rings is 1. The van der Waals surface area contributed by atoms with Crippen LogP contribution in [0.5, 0.6) is 0 Å². The Morgan fingerprint density at radius 1 is 0.714 bits per heavy atom. The fourth-order valence-electron chi connectivity index (χ4n) is 1.59. The lowest BCUT2D eigenvalue weighted by atomic mass is 10.0. The van der Waals surface area contributed by atoms with Crippen LogP contribution in [0.15, 0.2) is 11.8 Å². The Morgan fingerprint density at radius 3 is 1.32 bits per heavy atom. The quantitative estimate of drug-likeness (QED) is 0.311. The Balaban J connectivity index is 3.48. The summed E-state index contributed by atoms with van der Waals surface area (Å²) in [6.45, 7) is -0.995.